The van der Waals surface area contributed by atoms with Gasteiger partial charge in [-0.1, -0.05) is 6.07 Å². The van der Waals surface area contributed by atoms with Crippen LogP contribution in [0.5, 0.6) is 0 Å². The summed E-state index contributed by atoms with van der Waals surface area (Å²) in [6.07, 6.45) is 0. The molecular weight excluding hydrogens is 377 g/mol. The van der Waals surface area contributed by atoms with Gasteiger partial charge in [0, 0.05) is 39.6 Å². The van der Waals surface area contributed by atoms with Gasteiger partial charge in [-0.25, -0.2) is 24.7 Å². The van der Waals surface area contributed by atoms with Crippen LogP contribution in [0.15, 0.2) is 24.3 Å². The minimum Gasteiger partial charge on any atom is -0.516 e. The molecule has 0 saturated heterocycles. The molecule has 0 aromatic heterocycles. The Hall–Kier alpha value is 0.253. The van der Waals surface area contributed by atoms with E-state index < -0.39 is 0 Å². The molecule has 4 heteroatoms. The van der Waals surface area contributed by atoms with E-state index >= 15 is 0 Å². The quantitative estimate of drug-likeness (QED) is 0.477. The molecule has 0 spiro atoms. The summed E-state index contributed by atoms with van der Waals surface area (Å²) in [5, 5.41) is 2.78. The van der Waals surface area contributed by atoms with Gasteiger partial charge in [-0.05, 0) is 0 Å². The van der Waals surface area contributed by atoms with Crippen LogP contribution in [0.1, 0.15) is 5.56 Å². The molecule has 0 atom stereocenters. The van der Waals surface area contributed by atoms with Gasteiger partial charge in [-0.15, -0.1) is 23.3 Å². The summed E-state index contributed by atoms with van der Waals surface area (Å²) in [4.78, 5) is 0. The van der Waals surface area contributed by atoms with Crippen molar-refractivity contribution >= 4 is 23.4 Å². The van der Waals surface area contributed by atoms with E-state index in [0.29, 0.717) is 0 Å². The topological polar surface area (TPSA) is 12.0 Å². The Balaban J connectivity index is 0. The fourth-order valence-electron chi connectivity index (χ4n) is 0.697. The number of para-hydroxylation sites is 1. The van der Waals surface area contributed by atoms with Crippen LogP contribution in [0.3, 0.4) is 0 Å². The van der Waals surface area contributed by atoms with Crippen molar-refractivity contribution in [3.63, 3.8) is 0 Å². The normalized spacial score (nSPS) is 7.33. The molecule has 1 aromatic rings. The van der Waals surface area contributed by atoms with E-state index in [-0.39, 0.29) is 39.6 Å². The molecule has 1 rings (SSSR count). The van der Waals surface area contributed by atoms with Crippen molar-refractivity contribution in [3.8, 4) is 0 Å². The van der Waals surface area contributed by atoms with Gasteiger partial charge in [0.1, 0.15) is 0 Å². The predicted molar refractivity (Wildman–Crippen MR) is 47.1 cm³/mol. The first-order chi connectivity index (χ1) is 4.84. The Bertz CT molecular complexity index is 242. The zero-order chi connectivity index (χ0) is 7.40. The van der Waals surface area contributed by atoms with E-state index in [4.69, 9.17) is 0 Å². The molecule has 1 radical (unpaired) electrons. The van der Waals surface area contributed by atoms with E-state index in [9.17, 15) is 0 Å². The summed E-state index contributed by atoms with van der Waals surface area (Å²) >= 11 is 4.50. The summed E-state index contributed by atoms with van der Waals surface area (Å²) in [5.74, 6) is 0. The number of hydrogen-bond donors (Lipinski definition) is 1. The number of rotatable bonds is 2. The Morgan fingerprint density at radius 2 is 1.92 bits per heavy atom. The molecule has 1 aromatic carbocycles. The molecule has 0 fully saturated rings. The third kappa shape index (κ3) is 4.32. The molecule has 0 amide bonds. The number of nitrogens with one attached hydrogen (secondary N) is 1. The Morgan fingerprint density at radius 3 is 2.42 bits per heavy atom. The summed E-state index contributed by atoms with van der Waals surface area (Å²) < 4.78 is 0. The van der Waals surface area contributed by atoms with E-state index in [1.165, 1.54) is 0 Å². The van der Waals surface area contributed by atoms with Gasteiger partial charge in [-0.2, -0.15) is 6.07 Å². The van der Waals surface area contributed by atoms with Crippen molar-refractivity contribution < 1.29 is 39.6 Å². The van der Waals surface area contributed by atoms with Crippen molar-refractivity contribution in [1.82, 2.24) is 0 Å². The SMILES string of the molecule is [CH2-]c1ccccc1N[C-]=S.[V].[W]. The smallest absolute Gasteiger partial charge is 0 e. The van der Waals surface area contributed by atoms with Gasteiger partial charge in [0.05, 0.1) is 0 Å². The average molecular weight is 384 g/mol. The van der Waals surface area contributed by atoms with Crippen LogP contribution in [-0.4, -0.2) is 5.49 Å². The van der Waals surface area contributed by atoms with Crippen LogP contribution in [0.4, 0.5) is 5.69 Å². The third-order valence-corrected chi connectivity index (χ3v) is 1.31. The molecule has 63 valence electrons. The first-order valence-corrected chi connectivity index (χ1v) is 3.29. The van der Waals surface area contributed by atoms with E-state index in [0.717, 1.165) is 11.3 Å². The molecule has 1 nitrogen and oxygen atoms in total. The largest absolute Gasteiger partial charge is 0.516 e. The Labute approximate surface area is 104 Å². The van der Waals surface area contributed by atoms with Crippen molar-refractivity contribution in [2.75, 3.05) is 5.32 Å². The molecule has 0 bridgehead atoms. The molecule has 0 aliphatic carbocycles. The zero-order valence-electron chi connectivity index (χ0n) is 6.28. The van der Waals surface area contributed by atoms with Crippen molar-refractivity contribution in [1.29, 1.82) is 0 Å². The molecule has 0 unspecified atom stereocenters. The standard InChI is InChI=1S/C8H7NS.V.W/c1-7-4-2-3-5-8(7)9-6-10;;/h2-5H,1H2,(H,9,10);;/q-2;;. The van der Waals surface area contributed by atoms with Gasteiger partial charge in [0.15, 0.2) is 0 Å². The second-order valence-corrected chi connectivity index (χ2v) is 2.09. The van der Waals surface area contributed by atoms with Gasteiger partial charge >= 0.3 is 0 Å². The second-order valence-electron chi connectivity index (χ2n) is 1.88. The number of anilines is 1. The second kappa shape index (κ2) is 7.88. The average Bonchev–Trinajstić information content (AvgIpc) is 1.94. The van der Waals surface area contributed by atoms with Crippen LogP contribution in [0.2, 0.25) is 0 Å². The maximum atomic E-state index is 4.50. The molecule has 1 N–H and O–H groups in total. The van der Waals surface area contributed by atoms with Gasteiger partial charge in [0.25, 0.3) is 0 Å². The summed E-state index contributed by atoms with van der Waals surface area (Å²) in [6.45, 7) is 3.79. The molecule has 12 heavy (non-hydrogen) atoms. The molecular formula is C8H7NSVW-2. The fourth-order valence-corrected chi connectivity index (χ4v) is 0.807. The Kier molecular flexibility index (Phi) is 9.69. The van der Waals surface area contributed by atoms with Crippen molar-refractivity contribution in [2.45, 2.75) is 0 Å². The van der Waals surface area contributed by atoms with Crippen LogP contribution in [-0.2, 0) is 39.6 Å². The van der Waals surface area contributed by atoms with E-state index in [1.54, 1.807) is 0 Å². The molecule has 0 aliphatic rings. The summed E-state index contributed by atoms with van der Waals surface area (Å²) in [5.41, 5.74) is 4.26. The monoisotopic (exact) mass is 384 g/mol. The third-order valence-electron chi connectivity index (χ3n) is 1.20. The first-order valence-electron chi connectivity index (χ1n) is 2.89. The van der Waals surface area contributed by atoms with Crippen molar-refractivity contribution in [2.24, 2.45) is 0 Å². The maximum absolute atomic E-state index is 4.50. The first kappa shape index (κ1) is 14.8. The maximum Gasteiger partial charge on any atom is 0 e. The van der Waals surface area contributed by atoms with E-state index in [2.05, 4.69) is 29.9 Å². The van der Waals surface area contributed by atoms with E-state index in [1.807, 2.05) is 24.3 Å². The number of hydrogen-bond acceptors (Lipinski definition) is 1. The molecule has 0 heterocycles. The summed E-state index contributed by atoms with van der Waals surface area (Å²) in [6, 6.07) is 7.66. The fraction of sp³-hybridized carbons (Fsp3) is 0. The number of benzene rings is 1. The Morgan fingerprint density at radius 1 is 1.33 bits per heavy atom. The molecule has 0 saturated carbocycles. The molecule has 0 aliphatic heterocycles. The van der Waals surface area contributed by atoms with Crippen LogP contribution >= 0.6 is 12.2 Å². The zero-order valence-corrected chi connectivity index (χ0v) is 11.4. The number of thiocarbonyl (C=S) groups is 1. The summed E-state index contributed by atoms with van der Waals surface area (Å²) in [7, 11) is 0. The van der Waals surface area contributed by atoms with Crippen LogP contribution in [0.25, 0.3) is 0 Å². The van der Waals surface area contributed by atoms with Gasteiger partial charge in [-0.3, -0.25) is 0 Å². The predicted octanol–water partition coefficient (Wildman–Crippen LogP) is 2.11. The van der Waals surface area contributed by atoms with Gasteiger partial charge in [0.2, 0.25) is 0 Å². The van der Waals surface area contributed by atoms with Crippen LogP contribution in [0, 0.1) is 6.92 Å². The van der Waals surface area contributed by atoms with Crippen LogP contribution < -0.4 is 5.32 Å². The van der Waals surface area contributed by atoms with Gasteiger partial charge < -0.3 is 5.32 Å². The minimum atomic E-state index is 0. The van der Waals surface area contributed by atoms with Crippen molar-refractivity contribution in [3.05, 3.63) is 36.8 Å². The minimum absolute atomic E-state index is 0.